The van der Waals surface area contributed by atoms with Crippen LogP contribution in [0.1, 0.15) is 10.4 Å². The van der Waals surface area contributed by atoms with E-state index < -0.39 is 0 Å². The molecule has 0 radical (unpaired) electrons. The SMILES string of the molecule is COc1ccc(C(=O)N2CCOCC2)c(OC)c1. The average Bonchev–Trinajstić information content (AvgIpc) is 2.46. The van der Waals surface area contributed by atoms with Gasteiger partial charge in [-0.15, -0.1) is 0 Å². The van der Waals surface area contributed by atoms with E-state index in [0.717, 1.165) is 0 Å². The fourth-order valence-electron chi connectivity index (χ4n) is 1.91. The number of hydrogen-bond donors (Lipinski definition) is 0. The number of amides is 1. The van der Waals surface area contributed by atoms with Crippen molar-refractivity contribution in [2.45, 2.75) is 0 Å². The van der Waals surface area contributed by atoms with Crippen LogP contribution in [0.25, 0.3) is 0 Å². The third kappa shape index (κ3) is 2.56. The molecule has 1 aliphatic heterocycles. The summed E-state index contributed by atoms with van der Waals surface area (Å²) in [5.74, 6) is 1.18. The molecule has 5 nitrogen and oxygen atoms in total. The van der Waals surface area contributed by atoms with Gasteiger partial charge in [-0.2, -0.15) is 0 Å². The Balaban J connectivity index is 2.23. The van der Waals surface area contributed by atoms with E-state index >= 15 is 0 Å². The normalized spacial score (nSPS) is 15.3. The van der Waals surface area contributed by atoms with E-state index in [1.54, 1.807) is 37.3 Å². The summed E-state index contributed by atoms with van der Waals surface area (Å²) in [6.07, 6.45) is 0. The van der Waals surface area contributed by atoms with Crippen LogP contribution >= 0.6 is 0 Å². The van der Waals surface area contributed by atoms with Crippen molar-refractivity contribution in [3.8, 4) is 11.5 Å². The van der Waals surface area contributed by atoms with Gasteiger partial charge in [0, 0.05) is 19.2 Å². The van der Waals surface area contributed by atoms with Crippen molar-refractivity contribution < 1.29 is 19.0 Å². The molecule has 1 amide bonds. The highest BCUT2D eigenvalue weighted by atomic mass is 16.5. The largest absolute Gasteiger partial charge is 0.497 e. The third-order valence-electron chi connectivity index (χ3n) is 2.94. The Bertz CT molecular complexity index is 427. The van der Waals surface area contributed by atoms with Crippen molar-refractivity contribution >= 4 is 5.91 Å². The van der Waals surface area contributed by atoms with Gasteiger partial charge in [0.25, 0.3) is 5.91 Å². The maximum Gasteiger partial charge on any atom is 0.257 e. The summed E-state index contributed by atoms with van der Waals surface area (Å²) in [6, 6.07) is 5.21. The summed E-state index contributed by atoms with van der Waals surface area (Å²) >= 11 is 0. The topological polar surface area (TPSA) is 48.0 Å². The Morgan fingerprint density at radius 2 is 1.94 bits per heavy atom. The number of nitrogens with zero attached hydrogens (tertiary/aromatic N) is 1. The second-order valence-corrected chi connectivity index (χ2v) is 3.97. The highest BCUT2D eigenvalue weighted by Crippen LogP contribution is 2.25. The molecule has 0 N–H and O–H groups in total. The second kappa shape index (κ2) is 5.73. The smallest absolute Gasteiger partial charge is 0.257 e. The summed E-state index contributed by atoms with van der Waals surface area (Å²) in [7, 11) is 3.13. The Hall–Kier alpha value is -1.75. The fourth-order valence-corrected chi connectivity index (χ4v) is 1.91. The molecule has 0 spiro atoms. The number of rotatable bonds is 3. The van der Waals surface area contributed by atoms with E-state index in [9.17, 15) is 4.79 Å². The van der Waals surface area contributed by atoms with Crippen molar-refractivity contribution in [1.29, 1.82) is 0 Å². The van der Waals surface area contributed by atoms with Crippen molar-refractivity contribution in [3.63, 3.8) is 0 Å². The molecule has 1 saturated heterocycles. The molecule has 0 aromatic heterocycles. The number of morpholine rings is 1. The van der Waals surface area contributed by atoms with Gasteiger partial charge in [0.05, 0.1) is 33.0 Å². The summed E-state index contributed by atoms with van der Waals surface area (Å²) < 4.78 is 15.6. The van der Waals surface area contributed by atoms with Gasteiger partial charge in [-0.3, -0.25) is 4.79 Å². The first-order chi connectivity index (χ1) is 8.76. The Labute approximate surface area is 106 Å². The Morgan fingerprint density at radius 1 is 1.22 bits per heavy atom. The molecule has 0 aliphatic carbocycles. The van der Waals surface area contributed by atoms with Crippen molar-refractivity contribution in [1.82, 2.24) is 4.90 Å². The molecule has 2 rings (SSSR count). The van der Waals surface area contributed by atoms with E-state index in [2.05, 4.69) is 0 Å². The van der Waals surface area contributed by atoms with Gasteiger partial charge in [0.2, 0.25) is 0 Å². The molecule has 5 heteroatoms. The predicted molar refractivity (Wildman–Crippen MR) is 66.3 cm³/mol. The zero-order valence-electron chi connectivity index (χ0n) is 10.6. The lowest BCUT2D eigenvalue weighted by atomic mass is 10.1. The molecule has 1 fully saturated rings. The standard InChI is InChI=1S/C13H17NO4/c1-16-10-3-4-11(12(9-10)17-2)13(15)14-5-7-18-8-6-14/h3-4,9H,5-8H2,1-2H3. The molecular formula is C13H17NO4. The van der Waals surface area contributed by atoms with Crippen LogP contribution in [0.3, 0.4) is 0 Å². The van der Waals surface area contributed by atoms with Crippen molar-refractivity contribution in [2.24, 2.45) is 0 Å². The number of methoxy groups -OCH3 is 2. The third-order valence-corrected chi connectivity index (χ3v) is 2.94. The second-order valence-electron chi connectivity index (χ2n) is 3.97. The number of hydrogen-bond acceptors (Lipinski definition) is 4. The number of carbonyl (C=O) groups is 1. The minimum absolute atomic E-state index is 0.0298. The van der Waals surface area contributed by atoms with E-state index in [1.165, 1.54) is 0 Å². The molecule has 18 heavy (non-hydrogen) atoms. The molecular weight excluding hydrogens is 234 g/mol. The molecule has 0 saturated carbocycles. The monoisotopic (exact) mass is 251 g/mol. The Kier molecular flexibility index (Phi) is 4.04. The first kappa shape index (κ1) is 12.7. The zero-order valence-corrected chi connectivity index (χ0v) is 10.6. The molecule has 0 unspecified atom stereocenters. The first-order valence-corrected chi connectivity index (χ1v) is 5.85. The maximum absolute atomic E-state index is 12.3. The predicted octanol–water partition coefficient (Wildman–Crippen LogP) is 1.18. The lowest BCUT2D eigenvalue weighted by Gasteiger charge is -2.27. The van der Waals surface area contributed by atoms with Gasteiger partial charge >= 0.3 is 0 Å². The minimum atomic E-state index is -0.0298. The number of benzene rings is 1. The van der Waals surface area contributed by atoms with Gasteiger partial charge in [0.1, 0.15) is 11.5 Å². The van der Waals surface area contributed by atoms with Gasteiger partial charge in [-0.1, -0.05) is 0 Å². The molecule has 1 heterocycles. The van der Waals surface area contributed by atoms with E-state index in [1.807, 2.05) is 0 Å². The average molecular weight is 251 g/mol. The quantitative estimate of drug-likeness (QED) is 0.809. The van der Waals surface area contributed by atoms with E-state index in [0.29, 0.717) is 43.4 Å². The van der Waals surface area contributed by atoms with Crippen LogP contribution in [0, 0.1) is 0 Å². The summed E-state index contributed by atoms with van der Waals surface area (Å²) in [4.78, 5) is 14.1. The molecule has 98 valence electrons. The first-order valence-electron chi connectivity index (χ1n) is 5.85. The van der Waals surface area contributed by atoms with Crippen molar-refractivity contribution in [2.75, 3.05) is 40.5 Å². The lowest BCUT2D eigenvalue weighted by molar-refractivity contribution is 0.0301. The van der Waals surface area contributed by atoms with Crippen LogP contribution in [-0.4, -0.2) is 51.3 Å². The minimum Gasteiger partial charge on any atom is -0.497 e. The van der Waals surface area contributed by atoms with Crippen molar-refractivity contribution in [3.05, 3.63) is 23.8 Å². The van der Waals surface area contributed by atoms with Crippen LogP contribution in [0.4, 0.5) is 0 Å². The Morgan fingerprint density at radius 3 is 2.56 bits per heavy atom. The highest BCUT2D eigenvalue weighted by molar-refractivity contribution is 5.97. The van der Waals surface area contributed by atoms with Crippen LogP contribution in [0.15, 0.2) is 18.2 Å². The van der Waals surface area contributed by atoms with Gasteiger partial charge in [0.15, 0.2) is 0 Å². The summed E-state index contributed by atoms with van der Waals surface area (Å²) in [5.41, 5.74) is 0.556. The van der Waals surface area contributed by atoms with E-state index in [-0.39, 0.29) is 5.91 Å². The van der Waals surface area contributed by atoms with Crippen LogP contribution in [0.5, 0.6) is 11.5 Å². The van der Waals surface area contributed by atoms with Crippen LogP contribution < -0.4 is 9.47 Å². The summed E-state index contributed by atoms with van der Waals surface area (Å²) in [6.45, 7) is 2.41. The number of ether oxygens (including phenoxy) is 3. The number of carbonyl (C=O) groups excluding carboxylic acids is 1. The van der Waals surface area contributed by atoms with Crippen LogP contribution in [0.2, 0.25) is 0 Å². The van der Waals surface area contributed by atoms with Gasteiger partial charge < -0.3 is 19.1 Å². The van der Waals surface area contributed by atoms with Gasteiger partial charge in [-0.05, 0) is 12.1 Å². The zero-order chi connectivity index (χ0) is 13.0. The maximum atomic E-state index is 12.3. The van der Waals surface area contributed by atoms with E-state index in [4.69, 9.17) is 14.2 Å². The fraction of sp³-hybridized carbons (Fsp3) is 0.462. The van der Waals surface area contributed by atoms with Crippen LogP contribution in [-0.2, 0) is 4.74 Å². The molecule has 1 aliphatic rings. The molecule has 0 atom stereocenters. The molecule has 1 aromatic rings. The molecule has 1 aromatic carbocycles. The molecule has 0 bridgehead atoms. The highest BCUT2D eigenvalue weighted by Gasteiger charge is 2.21. The lowest BCUT2D eigenvalue weighted by Crippen LogP contribution is -2.40. The van der Waals surface area contributed by atoms with Gasteiger partial charge in [-0.25, -0.2) is 0 Å². The summed E-state index contributed by atoms with van der Waals surface area (Å²) in [5, 5.41) is 0.